The van der Waals surface area contributed by atoms with Crippen LogP contribution in [0.2, 0.25) is 0 Å². The normalized spacial score (nSPS) is 14.8. The van der Waals surface area contributed by atoms with Gasteiger partial charge in [0.2, 0.25) is 11.8 Å². The number of amides is 2. The zero-order valence-corrected chi connectivity index (χ0v) is 14.4. The Labute approximate surface area is 152 Å². The van der Waals surface area contributed by atoms with Crippen LogP contribution in [0.15, 0.2) is 48.5 Å². The van der Waals surface area contributed by atoms with Gasteiger partial charge in [0, 0.05) is 37.4 Å². The van der Waals surface area contributed by atoms with E-state index in [-0.39, 0.29) is 11.7 Å². The number of phenols is 1. The number of nitrogens with one attached hydrogen (secondary N) is 1. The number of aromatic hydroxyl groups is 1. The van der Waals surface area contributed by atoms with E-state index < -0.39 is 5.91 Å². The van der Waals surface area contributed by atoms with Crippen molar-refractivity contribution in [1.29, 1.82) is 0 Å². The van der Waals surface area contributed by atoms with Gasteiger partial charge in [0.05, 0.1) is 12.2 Å². The average molecular weight is 354 g/mol. The van der Waals surface area contributed by atoms with Crippen LogP contribution in [0.1, 0.15) is 10.4 Å². The van der Waals surface area contributed by atoms with Crippen LogP contribution in [0, 0.1) is 0 Å². The van der Waals surface area contributed by atoms with Crippen molar-refractivity contribution in [1.82, 2.24) is 4.90 Å². The molecule has 0 spiro atoms. The summed E-state index contributed by atoms with van der Waals surface area (Å²) in [6.45, 7) is 3.27. The number of para-hydroxylation sites is 2. The van der Waals surface area contributed by atoms with Gasteiger partial charge in [-0.2, -0.15) is 0 Å². The first kappa shape index (κ1) is 17.8. The first-order chi connectivity index (χ1) is 12.5. The van der Waals surface area contributed by atoms with E-state index in [9.17, 15) is 14.7 Å². The minimum Gasteiger partial charge on any atom is -0.506 e. The standard InChI is InChI=1S/C19H22N4O3/c20-19(26)14-5-7-15(8-6-14)21-18(25)13-22-9-11-23(12-10-22)16-3-1-2-4-17(16)24/h1-8,24H,9-13H2,(H2,20,26)(H,21,25). The van der Waals surface area contributed by atoms with E-state index in [0.29, 0.717) is 17.8 Å². The summed E-state index contributed by atoms with van der Waals surface area (Å²) in [5, 5.41) is 12.8. The van der Waals surface area contributed by atoms with Crippen molar-refractivity contribution in [2.45, 2.75) is 0 Å². The lowest BCUT2D eigenvalue weighted by atomic mass is 10.2. The van der Waals surface area contributed by atoms with Crippen molar-refractivity contribution < 1.29 is 14.7 Å². The highest BCUT2D eigenvalue weighted by molar-refractivity contribution is 5.95. The number of phenolic OH excluding ortho intramolecular Hbond substituents is 1. The highest BCUT2D eigenvalue weighted by Gasteiger charge is 2.20. The van der Waals surface area contributed by atoms with Gasteiger partial charge in [0.25, 0.3) is 0 Å². The van der Waals surface area contributed by atoms with E-state index in [4.69, 9.17) is 5.73 Å². The molecule has 1 heterocycles. The minimum absolute atomic E-state index is 0.104. The molecular weight excluding hydrogens is 332 g/mol. The summed E-state index contributed by atoms with van der Waals surface area (Å²) in [5.74, 6) is -0.323. The van der Waals surface area contributed by atoms with Gasteiger partial charge in [-0.05, 0) is 36.4 Å². The fourth-order valence-electron chi connectivity index (χ4n) is 3.00. The second-order valence-electron chi connectivity index (χ2n) is 6.24. The highest BCUT2D eigenvalue weighted by atomic mass is 16.3. The number of nitrogens with zero attached hydrogens (tertiary/aromatic N) is 2. The first-order valence-electron chi connectivity index (χ1n) is 8.48. The fraction of sp³-hybridized carbons (Fsp3) is 0.263. The Balaban J connectivity index is 1.49. The molecule has 0 saturated carbocycles. The summed E-state index contributed by atoms with van der Waals surface area (Å²) >= 11 is 0. The van der Waals surface area contributed by atoms with Crippen molar-refractivity contribution >= 4 is 23.2 Å². The molecule has 7 heteroatoms. The molecule has 1 saturated heterocycles. The molecule has 7 nitrogen and oxygen atoms in total. The molecule has 26 heavy (non-hydrogen) atoms. The topological polar surface area (TPSA) is 98.9 Å². The summed E-state index contributed by atoms with van der Waals surface area (Å²) in [6.07, 6.45) is 0. The number of nitrogens with two attached hydrogens (primary N) is 1. The summed E-state index contributed by atoms with van der Waals surface area (Å²) in [7, 11) is 0. The molecule has 1 aliphatic heterocycles. The maximum absolute atomic E-state index is 12.2. The van der Waals surface area contributed by atoms with E-state index >= 15 is 0 Å². The lowest BCUT2D eigenvalue weighted by Crippen LogP contribution is -2.48. The SMILES string of the molecule is NC(=O)c1ccc(NC(=O)CN2CCN(c3ccccc3O)CC2)cc1. The van der Waals surface area contributed by atoms with Crippen LogP contribution >= 0.6 is 0 Å². The molecule has 0 aromatic heterocycles. The molecule has 0 atom stereocenters. The molecule has 0 radical (unpaired) electrons. The molecule has 2 amide bonds. The summed E-state index contributed by atoms with van der Waals surface area (Å²) in [4.78, 5) is 27.5. The third-order valence-electron chi connectivity index (χ3n) is 4.42. The van der Waals surface area contributed by atoms with E-state index in [1.165, 1.54) is 0 Å². The second-order valence-corrected chi connectivity index (χ2v) is 6.24. The van der Waals surface area contributed by atoms with Crippen LogP contribution in [0.3, 0.4) is 0 Å². The third kappa shape index (κ3) is 4.31. The van der Waals surface area contributed by atoms with Crippen molar-refractivity contribution in [3.8, 4) is 5.75 Å². The van der Waals surface area contributed by atoms with Crippen LogP contribution in [0.5, 0.6) is 5.75 Å². The smallest absolute Gasteiger partial charge is 0.248 e. The van der Waals surface area contributed by atoms with E-state index in [0.717, 1.165) is 31.9 Å². The van der Waals surface area contributed by atoms with Crippen LogP contribution < -0.4 is 16.0 Å². The van der Waals surface area contributed by atoms with E-state index in [2.05, 4.69) is 15.1 Å². The molecule has 1 aliphatic rings. The lowest BCUT2D eigenvalue weighted by molar-refractivity contribution is -0.117. The Hall–Kier alpha value is -3.06. The molecule has 2 aromatic carbocycles. The summed E-state index contributed by atoms with van der Waals surface area (Å²) in [5.41, 5.74) is 7.06. The predicted octanol–water partition coefficient (Wildman–Crippen LogP) is 1.25. The lowest BCUT2D eigenvalue weighted by Gasteiger charge is -2.35. The molecule has 2 aromatic rings. The Kier molecular flexibility index (Phi) is 5.38. The Bertz CT molecular complexity index is 784. The van der Waals surface area contributed by atoms with Gasteiger partial charge in [-0.3, -0.25) is 14.5 Å². The number of carbonyl (C=O) groups excluding carboxylic acids is 2. The molecule has 1 fully saturated rings. The molecule has 136 valence electrons. The van der Waals surface area contributed by atoms with Gasteiger partial charge in [-0.25, -0.2) is 0 Å². The predicted molar refractivity (Wildman–Crippen MR) is 100 cm³/mol. The van der Waals surface area contributed by atoms with Gasteiger partial charge >= 0.3 is 0 Å². The Morgan fingerprint density at radius 2 is 1.65 bits per heavy atom. The number of rotatable bonds is 5. The number of hydrogen-bond donors (Lipinski definition) is 3. The third-order valence-corrected chi connectivity index (χ3v) is 4.42. The van der Waals surface area contributed by atoms with Gasteiger partial charge < -0.3 is 21.1 Å². The van der Waals surface area contributed by atoms with Crippen LogP contribution in [0.4, 0.5) is 11.4 Å². The van der Waals surface area contributed by atoms with E-state index in [1.807, 2.05) is 12.1 Å². The molecule has 0 bridgehead atoms. The summed E-state index contributed by atoms with van der Waals surface area (Å²) in [6, 6.07) is 13.8. The zero-order chi connectivity index (χ0) is 18.5. The van der Waals surface area contributed by atoms with Crippen molar-refractivity contribution in [2.24, 2.45) is 5.73 Å². The Morgan fingerprint density at radius 1 is 1.00 bits per heavy atom. The molecule has 0 aliphatic carbocycles. The van der Waals surface area contributed by atoms with Crippen molar-refractivity contribution in [2.75, 3.05) is 42.9 Å². The van der Waals surface area contributed by atoms with Crippen molar-refractivity contribution in [3.63, 3.8) is 0 Å². The minimum atomic E-state index is -0.495. The Morgan fingerprint density at radius 3 is 2.27 bits per heavy atom. The number of primary amides is 1. The maximum Gasteiger partial charge on any atom is 0.248 e. The number of anilines is 2. The number of hydrogen-bond acceptors (Lipinski definition) is 5. The number of benzene rings is 2. The van der Waals surface area contributed by atoms with Gasteiger partial charge in [-0.15, -0.1) is 0 Å². The summed E-state index contributed by atoms with van der Waals surface area (Å²) < 4.78 is 0. The molecule has 3 rings (SSSR count). The number of carbonyl (C=O) groups is 2. The van der Waals surface area contributed by atoms with Gasteiger partial charge in [0.1, 0.15) is 5.75 Å². The number of piperazine rings is 1. The largest absolute Gasteiger partial charge is 0.506 e. The fourth-order valence-corrected chi connectivity index (χ4v) is 3.00. The van der Waals surface area contributed by atoms with Crippen LogP contribution in [-0.4, -0.2) is 54.5 Å². The first-order valence-corrected chi connectivity index (χ1v) is 8.48. The van der Waals surface area contributed by atoms with Crippen LogP contribution in [0.25, 0.3) is 0 Å². The van der Waals surface area contributed by atoms with Gasteiger partial charge in [-0.1, -0.05) is 12.1 Å². The monoisotopic (exact) mass is 354 g/mol. The molecule has 4 N–H and O–H groups in total. The quantitative estimate of drug-likeness (QED) is 0.751. The van der Waals surface area contributed by atoms with Crippen LogP contribution in [-0.2, 0) is 4.79 Å². The highest BCUT2D eigenvalue weighted by Crippen LogP contribution is 2.27. The van der Waals surface area contributed by atoms with Crippen molar-refractivity contribution in [3.05, 3.63) is 54.1 Å². The van der Waals surface area contributed by atoms with Gasteiger partial charge in [0.15, 0.2) is 0 Å². The average Bonchev–Trinajstić information content (AvgIpc) is 2.63. The molecular formula is C19H22N4O3. The second kappa shape index (κ2) is 7.88. The van der Waals surface area contributed by atoms with E-state index in [1.54, 1.807) is 36.4 Å². The maximum atomic E-state index is 12.2. The zero-order valence-electron chi connectivity index (χ0n) is 14.4. The molecule has 0 unspecified atom stereocenters.